The van der Waals surface area contributed by atoms with Crippen molar-refractivity contribution in [2.75, 3.05) is 13.1 Å². The van der Waals surface area contributed by atoms with Crippen molar-refractivity contribution in [1.82, 2.24) is 24.8 Å². The Bertz CT molecular complexity index is 1220. The van der Waals surface area contributed by atoms with Gasteiger partial charge in [0.1, 0.15) is 5.75 Å². The van der Waals surface area contributed by atoms with Gasteiger partial charge in [-0.3, -0.25) is 14.8 Å². The zero-order valence-corrected chi connectivity index (χ0v) is 19.4. The molecule has 5 rings (SSSR count). The Balaban J connectivity index is 0.00000105. The van der Waals surface area contributed by atoms with Gasteiger partial charge >= 0.3 is 0 Å². The first kappa shape index (κ1) is 22.5. The molecule has 0 atom stereocenters. The molecule has 172 valence electrons. The summed E-state index contributed by atoms with van der Waals surface area (Å²) in [4.78, 5) is 31.4. The second-order valence-corrected chi connectivity index (χ2v) is 7.99. The van der Waals surface area contributed by atoms with Gasteiger partial charge in [0.25, 0.3) is 5.91 Å². The van der Waals surface area contributed by atoms with E-state index >= 15 is 0 Å². The average Bonchev–Trinajstić information content (AvgIpc) is 3.24. The van der Waals surface area contributed by atoms with Crippen LogP contribution in [0, 0.1) is 0 Å². The lowest BCUT2D eigenvalue weighted by Crippen LogP contribution is -2.49. The van der Waals surface area contributed by atoms with E-state index in [2.05, 4.69) is 19.9 Å². The van der Waals surface area contributed by atoms with E-state index < -0.39 is 0 Å². The molecule has 0 aliphatic carbocycles. The van der Waals surface area contributed by atoms with Crippen LogP contribution in [0.3, 0.4) is 0 Å². The molecule has 2 aromatic heterocycles. The predicted octanol–water partition coefficient (Wildman–Crippen LogP) is 5.32. The minimum atomic E-state index is -0.0924. The molecule has 1 aliphatic rings. The zero-order chi connectivity index (χ0) is 23.4. The summed E-state index contributed by atoms with van der Waals surface area (Å²) in [6.45, 7) is 9.18. The quantitative estimate of drug-likeness (QED) is 0.449. The van der Waals surface area contributed by atoms with E-state index in [1.54, 1.807) is 17.3 Å². The maximum atomic E-state index is 12.9. The Morgan fingerprint density at radius 2 is 1.85 bits per heavy atom. The number of fused-ring (bicyclic) bond motifs is 1. The molecule has 1 saturated heterocycles. The van der Waals surface area contributed by atoms with Gasteiger partial charge in [-0.1, -0.05) is 38.1 Å². The largest absolute Gasteiger partial charge is 0.491 e. The number of amides is 1. The van der Waals surface area contributed by atoms with E-state index in [-0.39, 0.29) is 19.4 Å². The highest BCUT2D eigenvalue weighted by Crippen LogP contribution is 2.33. The van der Waals surface area contributed by atoms with Crippen LogP contribution < -0.4 is 4.74 Å². The van der Waals surface area contributed by atoms with Crippen LogP contribution in [0.25, 0.3) is 22.3 Å². The van der Waals surface area contributed by atoms with Gasteiger partial charge in [0.05, 0.1) is 28.5 Å². The normalized spacial score (nSPS) is 13.4. The number of aromatic nitrogens is 4. The number of aromatic amines is 1. The third-order valence-electron chi connectivity index (χ3n) is 5.35. The number of nitrogens with one attached hydrogen (secondary N) is 1. The first-order valence-electron chi connectivity index (χ1n) is 11.4. The predicted molar refractivity (Wildman–Crippen MR) is 131 cm³/mol. The number of carbonyl (C=O) groups excluding carboxylic acids is 1. The summed E-state index contributed by atoms with van der Waals surface area (Å²) in [7, 11) is 0. The van der Waals surface area contributed by atoms with Crippen molar-refractivity contribution in [2.24, 2.45) is 0 Å². The summed E-state index contributed by atoms with van der Waals surface area (Å²) in [5.74, 6) is 1.22. The first-order chi connectivity index (χ1) is 16.1. The Labute approximate surface area is 195 Å². The minimum Gasteiger partial charge on any atom is -0.491 e. The van der Waals surface area contributed by atoms with E-state index in [0.717, 1.165) is 33.7 Å². The van der Waals surface area contributed by atoms with Crippen molar-refractivity contribution < 1.29 is 11.0 Å². The van der Waals surface area contributed by atoms with E-state index in [1.165, 1.54) is 0 Å². The molecule has 1 aliphatic heterocycles. The number of nitrogens with zero attached hydrogens (tertiary/aromatic N) is 4. The van der Waals surface area contributed by atoms with Crippen LogP contribution in [0.2, 0.25) is 0 Å². The maximum absolute atomic E-state index is 12.9. The maximum Gasteiger partial charge on any atom is 0.289 e. The van der Waals surface area contributed by atoms with Crippen LogP contribution in [-0.2, 0) is 0 Å². The summed E-state index contributed by atoms with van der Waals surface area (Å²) in [6, 6.07) is 15.5. The summed E-state index contributed by atoms with van der Waals surface area (Å²) >= 11 is 0. The van der Waals surface area contributed by atoms with Gasteiger partial charge in [-0.2, -0.15) is 0 Å². The van der Waals surface area contributed by atoms with Crippen molar-refractivity contribution >= 4 is 16.9 Å². The number of likely N-dealkylation sites (tertiary alicyclic amines) is 1. The monoisotopic (exact) mass is 445 g/mol. The number of para-hydroxylation sites is 2. The number of hydrogen-bond acceptors (Lipinski definition) is 5. The van der Waals surface area contributed by atoms with Crippen LogP contribution in [0.5, 0.6) is 5.75 Å². The SMILES string of the molecule is CC.CC(C)Oc1cccc(-c2nccnc2C2CN(C(=O)c3nc4ccccc4[nH]3)C2)c1.[HH]. The topological polar surface area (TPSA) is 84.0 Å². The molecule has 33 heavy (non-hydrogen) atoms. The molecule has 7 nitrogen and oxygen atoms in total. The summed E-state index contributed by atoms with van der Waals surface area (Å²) in [5, 5.41) is 0. The summed E-state index contributed by atoms with van der Waals surface area (Å²) in [6.07, 6.45) is 3.50. The lowest BCUT2D eigenvalue weighted by molar-refractivity contribution is 0.0587. The molecule has 0 unspecified atom stereocenters. The van der Waals surface area contributed by atoms with E-state index in [1.807, 2.05) is 76.2 Å². The highest BCUT2D eigenvalue weighted by molar-refractivity contribution is 5.94. The second-order valence-electron chi connectivity index (χ2n) is 7.99. The van der Waals surface area contributed by atoms with Crippen LogP contribution in [-0.4, -0.2) is 49.9 Å². The van der Waals surface area contributed by atoms with Crippen molar-refractivity contribution in [3.63, 3.8) is 0 Å². The Kier molecular flexibility index (Phi) is 6.68. The number of ether oxygens (including phenoxy) is 1. The lowest BCUT2D eigenvalue weighted by Gasteiger charge is -2.38. The molecule has 0 bridgehead atoms. The lowest BCUT2D eigenvalue weighted by atomic mass is 9.92. The van der Waals surface area contributed by atoms with Crippen LogP contribution in [0.15, 0.2) is 60.9 Å². The zero-order valence-electron chi connectivity index (χ0n) is 19.4. The number of H-pyrrole nitrogens is 1. The fourth-order valence-corrected chi connectivity index (χ4v) is 3.88. The minimum absolute atomic E-state index is 0. The third-order valence-corrected chi connectivity index (χ3v) is 5.35. The number of rotatable bonds is 5. The van der Waals surface area contributed by atoms with Crippen molar-refractivity contribution in [1.29, 1.82) is 0 Å². The van der Waals surface area contributed by atoms with Gasteiger partial charge in [-0.15, -0.1) is 0 Å². The summed E-state index contributed by atoms with van der Waals surface area (Å²) in [5.41, 5.74) is 4.35. The standard InChI is InChI=1S/C24H23N5O2.C2H6.H2/c1-15(2)31-18-7-5-6-16(12-18)21-22(26-11-10-25-21)17-13-29(14-17)24(30)23-27-19-8-3-4-9-20(19)28-23;1-2;/h3-12,15,17H,13-14H2,1-2H3,(H,27,28);1-2H3;1H. The molecule has 4 aromatic rings. The van der Waals surface area contributed by atoms with Crippen molar-refractivity contribution in [2.45, 2.75) is 39.7 Å². The van der Waals surface area contributed by atoms with Crippen LogP contribution in [0.4, 0.5) is 0 Å². The Morgan fingerprint density at radius 3 is 2.61 bits per heavy atom. The fourth-order valence-electron chi connectivity index (χ4n) is 3.88. The van der Waals surface area contributed by atoms with Gasteiger partial charge in [0.15, 0.2) is 5.82 Å². The molecule has 0 spiro atoms. The molecule has 1 amide bonds. The van der Waals surface area contributed by atoms with Gasteiger partial charge in [0, 0.05) is 38.4 Å². The number of carbonyl (C=O) groups is 1. The highest BCUT2D eigenvalue weighted by Gasteiger charge is 2.36. The molecular formula is C26H31N5O2. The average molecular weight is 446 g/mol. The third kappa shape index (κ3) is 4.72. The fraction of sp³-hybridized carbons (Fsp3) is 0.308. The van der Waals surface area contributed by atoms with E-state index in [9.17, 15) is 4.79 Å². The Hall–Kier alpha value is -3.74. The van der Waals surface area contributed by atoms with Crippen molar-refractivity contribution in [3.05, 3.63) is 72.4 Å². The molecule has 1 fully saturated rings. The smallest absolute Gasteiger partial charge is 0.289 e. The molecule has 7 heteroatoms. The number of hydrogen-bond donors (Lipinski definition) is 1. The summed E-state index contributed by atoms with van der Waals surface area (Å²) < 4.78 is 5.83. The number of benzene rings is 2. The van der Waals surface area contributed by atoms with Crippen LogP contribution >= 0.6 is 0 Å². The number of imidazole rings is 1. The highest BCUT2D eigenvalue weighted by atomic mass is 16.5. The molecule has 3 heterocycles. The van der Waals surface area contributed by atoms with Gasteiger partial charge in [0.2, 0.25) is 0 Å². The van der Waals surface area contributed by atoms with Gasteiger partial charge in [-0.05, 0) is 38.1 Å². The molecule has 0 radical (unpaired) electrons. The molecule has 1 N–H and O–H groups in total. The Morgan fingerprint density at radius 1 is 1.09 bits per heavy atom. The molecule has 2 aromatic carbocycles. The first-order valence-corrected chi connectivity index (χ1v) is 11.4. The van der Waals surface area contributed by atoms with E-state index in [4.69, 9.17) is 4.74 Å². The second kappa shape index (κ2) is 9.81. The van der Waals surface area contributed by atoms with Crippen LogP contribution in [0.1, 0.15) is 51.4 Å². The molecule has 0 saturated carbocycles. The van der Waals surface area contributed by atoms with Crippen molar-refractivity contribution in [3.8, 4) is 17.0 Å². The molecular weight excluding hydrogens is 414 g/mol. The van der Waals surface area contributed by atoms with E-state index in [0.29, 0.717) is 18.9 Å². The van der Waals surface area contributed by atoms with Gasteiger partial charge < -0.3 is 14.6 Å². The van der Waals surface area contributed by atoms with Gasteiger partial charge in [-0.25, -0.2) is 4.98 Å².